The number of fused-ring (bicyclic) bond motifs is 1. The zero-order chi connectivity index (χ0) is 24.5. The Labute approximate surface area is 196 Å². The van der Waals surface area contributed by atoms with Gasteiger partial charge in [0.25, 0.3) is 5.91 Å². The summed E-state index contributed by atoms with van der Waals surface area (Å²) in [4.78, 5) is 32.4. The lowest BCUT2D eigenvalue weighted by Crippen LogP contribution is -2.31. The highest BCUT2D eigenvalue weighted by Gasteiger charge is 2.28. The molecule has 0 saturated carbocycles. The lowest BCUT2D eigenvalue weighted by molar-refractivity contribution is 0.0635. The van der Waals surface area contributed by atoms with E-state index < -0.39 is 17.5 Å². The van der Waals surface area contributed by atoms with Gasteiger partial charge in [-0.3, -0.25) is 10.1 Å². The molecule has 0 bridgehead atoms. The van der Waals surface area contributed by atoms with E-state index in [9.17, 15) is 14.0 Å². The molecule has 0 fully saturated rings. The molecule has 178 valence electrons. The van der Waals surface area contributed by atoms with Crippen LogP contribution in [0.25, 0.3) is 11.3 Å². The molecular formula is C24H26FN5O4. The van der Waals surface area contributed by atoms with Crippen LogP contribution < -0.4 is 20.7 Å². The second-order valence-electron chi connectivity index (χ2n) is 8.74. The zero-order valence-electron chi connectivity index (χ0n) is 19.3. The van der Waals surface area contributed by atoms with Crippen molar-refractivity contribution in [2.24, 2.45) is 0 Å². The van der Waals surface area contributed by atoms with E-state index in [2.05, 4.69) is 25.9 Å². The summed E-state index contributed by atoms with van der Waals surface area (Å²) in [5.41, 5.74) is 2.59. The lowest BCUT2D eigenvalue weighted by atomic mass is 10.1. The van der Waals surface area contributed by atoms with Gasteiger partial charge in [-0.1, -0.05) is 6.07 Å². The number of H-pyrrole nitrogens is 1. The molecule has 10 heteroatoms. The van der Waals surface area contributed by atoms with Crippen LogP contribution in [0.1, 0.15) is 36.8 Å². The van der Waals surface area contributed by atoms with Gasteiger partial charge in [0.05, 0.1) is 29.7 Å². The predicted molar refractivity (Wildman–Crippen MR) is 126 cm³/mol. The number of nitrogens with zero attached hydrogens (tertiary/aromatic N) is 1. The molecule has 0 unspecified atom stereocenters. The minimum atomic E-state index is -0.658. The number of rotatable bonds is 5. The Balaban J connectivity index is 1.76. The van der Waals surface area contributed by atoms with Crippen LogP contribution >= 0.6 is 0 Å². The van der Waals surface area contributed by atoms with Crippen LogP contribution in [0.4, 0.5) is 26.4 Å². The number of aromatic amines is 1. The van der Waals surface area contributed by atoms with E-state index in [1.807, 2.05) is 0 Å². The summed E-state index contributed by atoms with van der Waals surface area (Å²) >= 11 is 0. The molecule has 4 rings (SSSR count). The van der Waals surface area contributed by atoms with Crippen molar-refractivity contribution in [3.63, 3.8) is 0 Å². The molecule has 0 atom stereocenters. The molecule has 34 heavy (non-hydrogen) atoms. The number of hydrogen-bond donors (Lipinski definition) is 4. The fourth-order valence-electron chi connectivity index (χ4n) is 3.73. The number of carbonyl (C=O) groups is 2. The second kappa shape index (κ2) is 9.05. The summed E-state index contributed by atoms with van der Waals surface area (Å²) in [6.07, 6.45) is 1.50. The molecule has 0 spiro atoms. The third kappa shape index (κ3) is 4.80. The highest BCUT2D eigenvalue weighted by Crippen LogP contribution is 2.39. The molecule has 0 radical (unpaired) electrons. The summed E-state index contributed by atoms with van der Waals surface area (Å²) in [6, 6.07) is 7.90. The van der Waals surface area contributed by atoms with Gasteiger partial charge in [0, 0.05) is 30.4 Å². The van der Waals surface area contributed by atoms with E-state index in [1.165, 1.54) is 19.4 Å². The highest BCUT2D eigenvalue weighted by atomic mass is 19.1. The molecular weight excluding hydrogens is 441 g/mol. The van der Waals surface area contributed by atoms with Gasteiger partial charge in [0.2, 0.25) is 0 Å². The van der Waals surface area contributed by atoms with Crippen LogP contribution in [-0.4, -0.2) is 41.2 Å². The predicted octanol–water partition coefficient (Wildman–Crippen LogP) is 4.60. The topological polar surface area (TPSA) is 117 Å². The fraction of sp³-hybridized carbons (Fsp3) is 0.292. The molecule has 4 N–H and O–H groups in total. The SMILES string of the molecule is COc1c(F)cccc1Nc1c(-c2ccnc(NC(=O)OC(C)(C)C)c2)[nH]c2c1C(=O)NCC2. The maximum atomic E-state index is 14.3. The number of pyridine rings is 1. The van der Waals surface area contributed by atoms with Gasteiger partial charge >= 0.3 is 6.09 Å². The minimum absolute atomic E-state index is 0.0293. The van der Waals surface area contributed by atoms with E-state index in [1.54, 1.807) is 45.0 Å². The van der Waals surface area contributed by atoms with Crippen LogP contribution in [0.5, 0.6) is 5.75 Å². The Morgan fingerprint density at radius 3 is 2.76 bits per heavy atom. The Kier molecular flexibility index (Phi) is 6.14. The van der Waals surface area contributed by atoms with Crippen molar-refractivity contribution >= 4 is 29.2 Å². The van der Waals surface area contributed by atoms with E-state index in [-0.39, 0.29) is 17.5 Å². The largest absolute Gasteiger partial charge is 0.492 e. The number of ether oxygens (including phenoxy) is 2. The van der Waals surface area contributed by atoms with Gasteiger partial charge < -0.3 is 25.1 Å². The average molecular weight is 468 g/mol. The molecule has 3 heterocycles. The van der Waals surface area contributed by atoms with Gasteiger partial charge in [0.15, 0.2) is 11.6 Å². The molecule has 1 aliphatic heterocycles. The standard InChI is InChI=1S/C24H26FN5O4/c1-24(2,3)34-23(32)30-17-12-13(8-10-26-17)19-20(18-15(28-19)9-11-27-22(18)31)29-16-7-5-6-14(25)21(16)33-4/h5-8,10,12,28-29H,9,11H2,1-4H3,(H,27,31)(H,26,30,32). The molecule has 2 amide bonds. The molecule has 2 aromatic heterocycles. The number of methoxy groups -OCH3 is 1. The average Bonchev–Trinajstić information content (AvgIpc) is 3.12. The van der Waals surface area contributed by atoms with E-state index in [0.29, 0.717) is 41.2 Å². The summed E-state index contributed by atoms with van der Waals surface area (Å²) in [7, 11) is 1.38. The van der Waals surface area contributed by atoms with Crippen molar-refractivity contribution in [1.82, 2.24) is 15.3 Å². The van der Waals surface area contributed by atoms with Crippen molar-refractivity contribution in [3.05, 3.63) is 53.6 Å². The maximum absolute atomic E-state index is 14.3. The Morgan fingerprint density at radius 1 is 1.24 bits per heavy atom. The number of hydrogen-bond acceptors (Lipinski definition) is 6. The molecule has 3 aromatic rings. The summed E-state index contributed by atoms with van der Waals surface area (Å²) in [5.74, 6) is -0.474. The van der Waals surface area contributed by atoms with Crippen molar-refractivity contribution in [3.8, 4) is 17.0 Å². The van der Waals surface area contributed by atoms with Crippen LogP contribution in [-0.2, 0) is 11.2 Å². The molecule has 0 aliphatic carbocycles. The summed E-state index contributed by atoms with van der Waals surface area (Å²) in [6.45, 7) is 5.80. The number of benzene rings is 1. The number of anilines is 3. The van der Waals surface area contributed by atoms with Crippen molar-refractivity contribution < 1.29 is 23.5 Å². The van der Waals surface area contributed by atoms with E-state index in [4.69, 9.17) is 9.47 Å². The number of carbonyl (C=O) groups excluding carboxylic acids is 2. The first-order valence-electron chi connectivity index (χ1n) is 10.8. The quantitative estimate of drug-likeness (QED) is 0.436. The fourth-order valence-corrected chi connectivity index (χ4v) is 3.73. The Morgan fingerprint density at radius 2 is 2.03 bits per heavy atom. The van der Waals surface area contributed by atoms with Crippen molar-refractivity contribution in [1.29, 1.82) is 0 Å². The van der Waals surface area contributed by atoms with Gasteiger partial charge in [0.1, 0.15) is 11.4 Å². The maximum Gasteiger partial charge on any atom is 0.413 e. The first-order chi connectivity index (χ1) is 16.2. The van der Waals surface area contributed by atoms with Crippen LogP contribution in [0, 0.1) is 5.82 Å². The van der Waals surface area contributed by atoms with Gasteiger partial charge in [-0.2, -0.15) is 0 Å². The van der Waals surface area contributed by atoms with Crippen LogP contribution in [0.3, 0.4) is 0 Å². The van der Waals surface area contributed by atoms with Gasteiger partial charge in [-0.15, -0.1) is 0 Å². The second-order valence-corrected chi connectivity index (χ2v) is 8.74. The van der Waals surface area contributed by atoms with Gasteiger partial charge in [-0.05, 0) is 45.0 Å². The van der Waals surface area contributed by atoms with Crippen molar-refractivity contribution in [2.75, 3.05) is 24.3 Å². The Hall–Kier alpha value is -4.08. The molecule has 1 aromatic carbocycles. The minimum Gasteiger partial charge on any atom is -0.492 e. The molecule has 0 saturated heterocycles. The third-order valence-corrected chi connectivity index (χ3v) is 5.07. The van der Waals surface area contributed by atoms with Crippen LogP contribution in [0.2, 0.25) is 0 Å². The normalized spacial score (nSPS) is 13.0. The smallest absolute Gasteiger partial charge is 0.413 e. The highest BCUT2D eigenvalue weighted by molar-refractivity contribution is 6.06. The summed E-state index contributed by atoms with van der Waals surface area (Å²) in [5, 5.41) is 8.63. The third-order valence-electron chi connectivity index (χ3n) is 5.07. The summed E-state index contributed by atoms with van der Waals surface area (Å²) < 4.78 is 24.8. The van der Waals surface area contributed by atoms with Crippen molar-refractivity contribution in [2.45, 2.75) is 32.8 Å². The number of amides is 2. The number of aromatic nitrogens is 2. The van der Waals surface area contributed by atoms with Gasteiger partial charge in [-0.25, -0.2) is 14.2 Å². The first-order valence-corrected chi connectivity index (χ1v) is 10.8. The number of nitrogens with one attached hydrogen (secondary N) is 4. The zero-order valence-corrected chi connectivity index (χ0v) is 19.3. The lowest BCUT2D eigenvalue weighted by Gasteiger charge is -2.19. The molecule has 9 nitrogen and oxygen atoms in total. The first kappa shape index (κ1) is 23.1. The van der Waals surface area contributed by atoms with E-state index in [0.717, 1.165) is 5.69 Å². The van der Waals surface area contributed by atoms with E-state index >= 15 is 0 Å². The van der Waals surface area contributed by atoms with Crippen LogP contribution in [0.15, 0.2) is 36.5 Å². The molecule has 1 aliphatic rings. The monoisotopic (exact) mass is 467 g/mol. The number of halogens is 1. The Bertz CT molecular complexity index is 1250. The number of para-hydroxylation sites is 1.